The molecular weight excluding hydrogens is 368 g/mol. The van der Waals surface area contributed by atoms with E-state index in [4.69, 9.17) is 4.74 Å². The Bertz CT molecular complexity index is 815. The summed E-state index contributed by atoms with van der Waals surface area (Å²) in [5.41, 5.74) is 5.06. The number of carbonyl (C=O) groups excluding carboxylic acids is 2. The van der Waals surface area contributed by atoms with E-state index in [1.54, 1.807) is 4.90 Å². The summed E-state index contributed by atoms with van der Waals surface area (Å²) in [4.78, 5) is 27.7. The van der Waals surface area contributed by atoms with Crippen LogP contribution in [0.1, 0.15) is 31.9 Å². The number of aryl methyl sites for hydroxylation is 2. The minimum atomic E-state index is -0.353. The molecule has 1 aromatic rings. The van der Waals surface area contributed by atoms with Gasteiger partial charge in [0.05, 0.1) is 13.1 Å². The first kappa shape index (κ1) is 20.0. The molecule has 29 heavy (non-hydrogen) atoms. The molecule has 2 amide bonds. The van der Waals surface area contributed by atoms with Crippen LogP contribution in [0.15, 0.2) is 12.1 Å². The van der Waals surface area contributed by atoms with E-state index in [0.717, 1.165) is 31.9 Å². The molecular formula is C22H32N4O3. The fourth-order valence-corrected chi connectivity index (χ4v) is 5.28. The molecule has 3 aliphatic rings. The number of carbonyl (C=O) groups is 2. The van der Waals surface area contributed by atoms with E-state index < -0.39 is 0 Å². The van der Waals surface area contributed by atoms with E-state index in [-0.39, 0.29) is 28.9 Å². The Morgan fingerprint density at radius 3 is 2.34 bits per heavy atom. The lowest BCUT2D eigenvalue weighted by molar-refractivity contribution is -0.119. The predicted molar refractivity (Wildman–Crippen MR) is 114 cm³/mol. The number of anilines is 2. The zero-order valence-corrected chi connectivity index (χ0v) is 18.1. The third-order valence-corrected chi connectivity index (χ3v) is 7.12. The first-order chi connectivity index (χ1) is 13.6. The highest BCUT2D eigenvalue weighted by Gasteiger charge is 2.55. The van der Waals surface area contributed by atoms with Gasteiger partial charge in [0.15, 0.2) is 0 Å². The molecule has 7 heteroatoms. The molecule has 3 saturated heterocycles. The fourth-order valence-electron chi connectivity index (χ4n) is 5.28. The summed E-state index contributed by atoms with van der Waals surface area (Å²) in [6, 6.07) is 4.17. The molecule has 3 atom stereocenters. The molecule has 3 heterocycles. The van der Waals surface area contributed by atoms with Crippen molar-refractivity contribution >= 4 is 23.4 Å². The average molecular weight is 401 g/mol. The molecule has 2 N–H and O–H groups in total. The third kappa shape index (κ3) is 3.35. The van der Waals surface area contributed by atoms with Gasteiger partial charge in [0, 0.05) is 55.3 Å². The Kier molecular flexibility index (Phi) is 4.76. The van der Waals surface area contributed by atoms with Gasteiger partial charge in [-0.05, 0) is 37.1 Å². The summed E-state index contributed by atoms with van der Waals surface area (Å²) < 4.78 is 5.42. The monoisotopic (exact) mass is 400 g/mol. The Balaban J connectivity index is 1.54. The summed E-state index contributed by atoms with van der Waals surface area (Å²) >= 11 is 0. The van der Waals surface area contributed by atoms with Crippen LogP contribution >= 0.6 is 0 Å². The summed E-state index contributed by atoms with van der Waals surface area (Å²) in [6.45, 7) is 15.5. The lowest BCUT2D eigenvalue weighted by Crippen LogP contribution is -2.34. The zero-order chi connectivity index (χ0) is 21.0. The van der Waals surface area contributed by atoms with E-state index in [1.807, 2.05) is 0 Å². The molecule has 0 spiro atoms. The van der Waals surface area contributed by atoms with E-state index in [9.17, 15) is 9.59 Å². The largest absolute Gasteiger partial charge is 0.442 e. The second-order valence-corrected chi connectivity index (χ2v) is 9.56. The topological polar surface area (TPSA) is 73.9 Å². The maximum absolute atomic E-state index is 12.4. The molecule has 0 aliphatic carbocycles. The van der Waals surface area contributed by atoms with Crippen LogP contribution in [0, 0.1) is 24.7 Å². The van der Waals surface area contributed by atoms with Crippen LogP contribution in [-0.4, -0.2) is 57.4 Å². The number of amides is 2. The van der Waals surface area contributed by atoms with Gasteiger partial charge >= 0.3 is 6.09 Å². The van der Waals surface area contributed by atoms with Crippen molar-refractivity contribution < 1.29 is 14.3 Å². The van der Waals surface area contributed by atoms with E-state index in [0.29, 0.717) is 13.1 Å². The van der Waals surface area contributed by atoms with Gasteiger partial charge in [0.1, 0.15) is 6.10 Å². The molecule has 2 unspecified atom stereocenters. The third-order valence-electron chi connectivity index (χ3n) is 7.12. The fraction of sp³-hybridized carbons (Fsp3) is 0.636. The predicted octanol–water partition coefficient (Wildman–Crippen LogP) is 2.20. The van der Waals surface area contributed by atoms with E-state index in [2.05, 4.69) is 55.4 Å². The second kappa shape index (κ2) is 6.90. The second-order valence-electron chi connectivity index (χ2n) is 9.56. The molecule has 3 fully saturated rings. The number of hydrogen-bond donors (Lipinski definition) is 2. The van der Waals surface area contributed by atoms with Crippen molar-refractivity contribution in [3.63, 3.8) is 0 Å². The van der Waals surface area contributed by atoms with Gasteiger partial charge in [-0.1, -0.05) is 13.8 Å². The number of rotatable bonds is 4. The zero-order valence-electron chi connectivity index (χ0n) is 18.1. The molecule has 0 aromatic heterocycles. The standard InChI is InChI=1S/C22H32N4O3/c1-14-6-17(26-9-18(29-20(26)28)8-24-16(3)27)7-15(2)19(14)25-12-21(4)10-23-11-22(21,5)13-25/h6-7,18,23H,8-13H2,1-5H3,(H,24,27)/t18-,21?,22?/m0/s1. The van der Waals surface area contributed by atoms with Crippen LogP contribution < -0.4 is 20.4 Å². The smallest absolute Gasteiger partial charge is 0.414 e. The first-order valence-electron chi connectivity index (χ1n) is 10.4. The normalized spacial score (nSPS) is 31.2. The number of cyclic esters (lactones) is 1. The Morgan fingerprint density at radius 2 is 1.79 bits per heavy atom. The van der Waals surface area contributed by atoms with Gasteiger partial charge in [0.2, 0.25) is 5.91 Å². The summed E-state index contributed by atoms with van der Waals surface area (Å²) in [6.07, 6.45) is -0.675. The van der Waals surface area contributed by atoms with Crippen molar-refractivity contribution in [2.75, 3.05) is 49.1 Å². The number of nitrogens with zero attached hydrogens (tertiary/aromatic N) is 2. The first-order valence-corrected chi connectivity index (χ1v) is 10.4. The quantitative estimate of drug-likeness (QED) is 0.811. The number of hydrogen-bond acceptors (Lipinski definition) is 5. The SMILES string of the molecule is CC(=O)NC[C@H]1CN(c2cc(C)c(N3CC4(C)CNCC4(C)C3)c(C)c2)C(=O)O1. The Hall–Kier alpha value is -2.28. The highest BCUT2D eigenvalue weighted by Crippen LogP contribution is 2.50. The van der Waals surface area contributed by atoms with Gasteiger partial charge in [0.25, 0.3) is 0 Å². The van der Waals surface area contributed by atoms with Gasteiger partial charge in [-0.15, -0.1) is 0 Å². The highest BCUT2D eigenvalue weighted by molar-refractivity contribution is 5.90. The molecule has 3 aliphatic heterocycles. The summed E-state index contributed by atoms with van der Waals surface area (Å²) in [5, 5.41) is 6.29. The number of fused-ring (bicyclic) bond motifs is 1. The van der Waals surface area contributed by atoms with Crippen molar-refractivity contribution in [3.05, 3.63) is 23.3 Å². The van der Waals surface area contributed by atoms with Crippen molar-refractivity contribution in [2.45, 2.75) is 40.7 Å². The van der Waals surface area contributed by atoms with Crippen molar-refractivity contribution in [1.29, 1.82) is 0 Å². The Morgan fingerprint density at radius 1 is 1.21 bits per heavy atom. The van der Waals surface area contributed by atoms with Gasteiger partial charge in [-0.25, -0.2) is 4.79 Å². The minimum absolute atomic E-state index is 0.122. The maximum Gasteiger partial charge on any atom is 0.414 e. The molecule has 0 radical (unpaired) electrons. The molecule has 0 bridgehead atoms. The van der Waals surface area contributed by atoms with Crippen molar-refractivity contribution in [2.24, 2.45) is 10.8 Å². The average Bonchev–Trinajstić information content (AvgIpc) is 3.19. The van der Waals surface area contributed by atoms with E-state index in [1.165, 1.54) is 23.7 Å². The van der Waals surface area contributed by atoms with Gasteiger partial charge in [-0.3, -0.25) is 9.69 Å². The number of nitrogens with one attached hydrogen (secondary N) is 2. The molecule has 4 rings (SSSR count). The van der Waals surface area contributed by atoms with Crippen LogP contribution in [0.25, 0.3) is 0 Å². The van der Waals surface area contributed by atoms with Crippen molar-refractivity contribution in [3.8, 4) is 0 Å². The maximum atomic E-state index is 12.4. The molecule has 7 nitrogen and oxygen atoms in total. The highest BCUT2D eigenvalue weighted by atomic mass is 16.6. The van der Waals surface area contributed by atoms with Crippen LogP contribution in [0.5, 0.6) is 0 Å². The van der Waals surface area contributed by atoms with Crippen LogP contribution in [0.2, 0.25) is 0 Å². The van der Waals surface area contributed by atoms with Crippen LogP contribution in [-0.2, 0) is 9.53 Å². The van der Waals surface area contributed by atoms with Crippen LogP contribution in [0.4, 0.5) is 16.2 Å². The summed E-state index contributed by atoms with van der Waals surface area (Å²) in [7, 11) is 0. The van der Waals surface area contributed by atoms with Crippen molar-refractivity contribution in [1.82, 2.24) is 10.6 Å². The number of benzene rings is 1. The lowest BCUT2D eigenvalue weighted by atomic mass is 9.71. The minimum Gasteiger partial charge on any atom is -0.442 e. The number of ether oxygens (including phenoxy) is 1. The molecule has 158 valence electrons. The summed E-state index contributed by atoms with van der Waals surface area (Å²) in [5.74, 6) is -0.122. The van der Waals surface area contributed by atoms with E-state index >= 15 is 0 Å². The Labute approximate surface area is 172 Å². The van der Waals surface area contributed by atoms with Gasteiger partial charge < -0.3 is 20.3 Å². The van der Waals surface area contributed by atoms with Crippen LogP contribution in [0.3, 0.4) is 0 Å². The molecule has 0 saturated carbocycles. The lowest BCUT2D eigenvalue weighted by Gasteiger charge is -2.30. The van der Waals surface area contributed by atoms with Gasteiger partial charge in [-0.2, -0.15) is 0 Å². The molecule has 1 aromatic carbocycles.